The van der Waals surface area contributed by atoms with Gasteiger partial charge in [0.1, 0.15) is 18.1 Å². The third kappa shape index (κ3) is 2.69. The molecule has 3 aliphatic rings. The maximum absolute atomic E-state index is 13.0. The van der Waals surface area contributed by atoms with Crippen LogP contribution in [0.1, 0.15) is 12.8 Å². The Morgan fingerprint density at radius 1 is 1.13 bits per heavy atom. The number of sulfonamides is 1. The molecular weight excluding hydrogens is 340 g/mol. The van der Waals surface area contributed by atoms with Crippen LogP contribution < -0.4 is 15.2 Å². The van der Waals surface area contributed by atoms with Gasteiger partial charge < -0.3 is 15.2 Å². The Labute approximate surface area is 142 Å². The zero-order chi connectivity index (χ0) is 15.3. The topological polar surface area (TPSA) is 81.9 Å². The summed E-state index contributed by atoms with van der Waals surface area (Å²) in [5.41, 5.74) is 6.11. The minimum Gasteiger partial charge on any atom is -0.486 e. The molecule has 3 atom stereocenters. The smallest absolute Gasteiger partial charge is 0.246 e. The Morgan fingerprint density at radius 2 is 1.91 bits per heavy atom. The van der Waals surface area contributed by atoms with Crippen LogP contribution in [0.15, 0.2) is 23.1 Å². The third-order valence-electron chi connectivity index (χ3n) is 5.03. The summed E-state index contributed by atoms with van der Waals surface area (Å²) >= 11 is 0. The van der Waals surface area contributed by atoms with Crippen LogP contribution in [0, 0.1) is 11.8 Å². The first-order valence-electron chi connectivity index (χ1n) is 7.72. The first kappa shape index (κ1) is 16.8. The summed E-state index contributed by atoms with van der Waals surface area (Å²) in [4.78, 5) is 0.207. The summed E-state index contributed by atoms with van der Waals surface area (Å²) in [5.74, 6) is 1.52. The molecule has 3 unspecified atom stereocenters. The van der Waals surface area contributed by atoms with Crippen LogP contribution >= 0.6 is 12.4 Å². The normalized spacial score (nSPS) is 29.9. The average molecular weight is 361 g/mol. The molecule has 1 saturated carbocycles. The van der Waals surface area contributed by atoms with E-state index >= 15 is 0 Å². The molecule has 1 aromatic rings. The van der Waals surface area contributed by atoms with Crippen molar-refractivity contribution in [3.63, 3.8) is 0 Å². The third-order valence-corrected chi connectivity index (χ3v) is 6.88. The lowest BCUT2D eigenvalue weighted by molar-refractivity contribution is 0.166. The van der Waals surface area contributed by atoms with E-state index < -0.39 is 10.0 Å². The van der Waals surface area contributed by atoms with Gasteiger partial charge in [-0.1, -0.05) is 6.07 Å². The van der Waals surface area contributed by atoms with Crippen LogP contribution in [0.25, 0.3) is 0 Å². The van der Waals surface area contributed by atoms with Crippen LogP contribution in [0.5, 0.6) is 11.5 Å². The summed E-state index contributed by atoms with van der Waals surface area (Å²) in [7, 11) is -3.57. The number of ether oxygens (including phenoxy) is 2. The first-order chi connectivity index (χ1) is 10.6. The van der Waals surface area contributed by atoms with Gasteiger partial charge in [0.25, 0.3) is 0 Å². The Kier molecular flexibility index (Phi) is 4.48. The zero-order valence-corrected chi connectivity index (χ0v) is 14.3. The number of nitrogens with zero attached hydrogens (tertiary/aromatic N) is 1. The lowest BCUT2D eigenvalue weighted by atomic mass is 9.98. The SMILES string of the molecule is Cl.NC1CCC2CN(S(=O)(=O)c3cccc4c3OCCO4)CC12. The lowest BCUT2D eigenvalue weighted by Gasteiger charge is -2.24. The van der Waals surface area contributed by atoms with Crippen LogP contribution in [-0.4, -0.2) is 45.1 Å². The second-order valence-electron chi connectivity index (χ2n) is 6.27. The van der Waals surface area contributed by atoms with Crippen LogP contribution in [0.3, 0.4) is 0 Å². The van der Waals surface area contributed by atoms with Crippen LogP contribution in [-0.2, 0) is 10.0 Å². The number of nitrogens with two attached hydrogens (primary N) is 1. The Morgan fingerprint density at radius 3 is 2.70 bits per heavy atom. The molecule has 23 heavy (non-hydrogen) atoms. The van der Waals surface area contributed by atoms with Gasteiger partial charge in [0, 0.05) is 19.1 Å². The predicted molar refractivity (Wildman–Crippen MR) is 87.6 cm³/mol. The molecule has 0 spiro atoms. The van der Waals surface area contributed by atoms with Gasteiger partial charge in [0.05, 0.1) is 0 Å². The van der Waals surface area contributed by atoms with Crippen molar-refractivity contribution in [1.29, 1.82) is 0 Å². The zero-order valence-electron chi connectivity index (χ0n) is 12.7. The molecular formula is C15H21ClN2O4S. The van der Waals surface area contributed by atoms with E-state index in [1.807, 2.05) is 0 Å². The predicted octanol–water partition coefficient (Wildman–Crippen LogP) is 1.24. The van der Waals surface area contributed by atoms with Crippen molar-refractivity contribution in [2.75, 3.05) is 26.3 Å². The van der Waals surface area contributed by atoms with Crippen molar-refractivity contribution in [3.8, 4) is 11.5 Å². The Bertz CT molecular complexity index is 697. The van der Waals surface area contributed by atoms with Gasteiger partial charge in [-0.15, -0.1) is 12.4 Å². The highest BCUT2D eigenvalue weighted by Crippen LogP contribution is 2.42. The lowest BCUT2D eigenvalue weighted by Crippen LogP contribution is -2.34. The van der Waals surface area contributed by atoms with E-state index in [0.717, 1.165) is 12.8 Å². The number of hydrogen-bond acceptors (Lipinski definition) is 5. The molecule has 1 aliphatic carbocycles. The molecule has 0 aromatic heterocycles. The maximum atomic E-state index is 13.0. The fraction of sp³-hybridized carbons (Fsp3) is 0.600. The minimum atomic E-state index is -3.57. The maximum Gasteiger partial charge on any atom is 0.246 e. The van der Waals surface area contributed by atoms with Crippen molar-refractivity contribution < 1.29 is 17.9 Å². The highest BCUT2D eigenvalue weighted by Gasteiger charge is 2.45. The molecule has 4 rings (SSSR count). The molecule has 0 bridgehead atoms. The second kappa shape index (κ2) is 6.12. The van der Waals surface area contributed by atoms with Crippen molar-refractivity contribution >= 4 is 22.4 Å². The van der Waals surface area contributed by atoms with E-state index in [1.54, 1.807) is 22.5 Å². The van der Waals surface area contributed by atoms with E-state index in [1.165, 1.54) is 0 Å². The number of fused-ring (bicyclic) bond motifs is 2. The standard InChI is InChI=1S/C15H20N2O4S.ClH/c16-12-5-4-10-8-17(9-11(10)12)22(18,19)14-3-1-2-13-15(14)21-7-6-20-13;/h1-3,10-12H,4-9,16H2;1H. The van der Waals surface area contributed by atoms with Crippen molar-refractivity contribution in [3.05, 3.63) is 18.2 Å². The summed E-state index contributed by atoms with van der Waals surface area (Å²) in [6, 6.07) is 5.15. The van der Waals surface area contributed by atoms with E-state index in [-0.39, 0.29) is 29.3 Å². The quantitative estimate of drug-likeness (QED) is 0.858. The molecule has 6 nitrogen and oxygen atoms in total. The Hall–Kier alpha value is -1.02. The van der Waals surface area contributed by atoms with Crippen molar-refractivity contribution in [2.24, 2.45) is 17.6 Å². The number of hydrogen-bond donors (Lipinski definition) is 1. The van der Waals surface area contributed by atoms with E-state index in [2.05, 4.69) is 0 Å². The first-order valence-corrected chi connectivity index (χ1v) is 9.16. The number of benzene rings is 1. The van der Waals surface area contributed by atoms with Gasteiger partial charge in [0.2, 0.25) is 10.0 Å². The molecule has 2 aliphatic heterocycles. The molecule has 2 N–H and O–H groups in total. The van der Waals surface area contributed by atoms with Gasteiger partial charge in [-0.2, -0.15) is 4.31 Å². The highest BCUT2D eigenvalue weighted by molar-refractivity contribution is 7.89. The molecule has 1 saturated heterocycles. The molecule has 1 aromatic carbocycles. The number of halogens is 1. The van der Waals surface area contributed by atoms with Gasteiger partial charge in [0.15, 0.2) is 11.5 Å². The fourth-order valence-corrected chi connectivity index (χ4v) is 5.53. The highest BCUT2D eigenvalue weighted by atomic mass is 35.5. The van der Waals surface area contributed by atoms with Crippen molar-refractivity contribution in [1.82, 2.24) is 4.31 Å². The van der Waals surface area contributed by atoms with Gasteiger partial charge >= 0.3 is 0 Å². The molecule has 8 heteroatoms. The number of para-hydroxylation sites is 1. The summed E-state index contributed by atoms with van der Waals surface area (Å²) in [6.07, 6.45) is 2.02. The molecule has 0 amide bonds. The van der Waals surface area contributed by atoms with E-state index in [4.69, 9.17) is 15.2 Å². The molecule has 128 valence electrons. The second-order valence-corrected chi connectivity index (χ2v) is 8.17. The monoisotopic (exact) mass is 360 g/mol. The average Bonchev–Trinajstić information content (AvgIpc) is 3.10. The molecule has 2 heterocycles. The van der Waals surface area contributed by atoms with E-state index in [9.17, 15) is 8.42 Å². The largest absolute Gasteiger partial charge is 0.486 e. The summed E-state index contributed by atoms with van der Waals surface area (Å²) < 4.78 is 38.6. The Balaban J connectivity index is 0.00000156. The van der Waals surface area contributed by atoms with Gasteiger partial charge in [-0.05, 0) is 36.8 Å². The van der Waals surface area contributed by atoms with E-state index in [0.29, 0.717) is 43.7 Å². The minimum absolute atomic E-state index is 0. The van der Waals surface area contributed by atoms with Crippen molar-refractivity contribution in [2.45, 2.75) is 23.8 Å². The molecule has 2 fully saturated rings. The van der Waals surface area contributed by atoms with Crippen LogP contribution in [0.2, 0.25) is 0 Å². The molecule has 0 radical (unpaired) electrons. The summed E-state index contributed by atoms with van der Waals surface area (Å²) in [5, 5.41) is 0. The summed E-state index contributed by atoms with van der Waals surface area (Å²) in [6.45, 7) is 1.89. The van der Waals surface area contributed by atoms with Crippen LogP contribution in [0.4, 0.5) is 0 Å². The van der Waals surface area contributed by atoms with Gasteiger partial charge in [-0.3, -0.25) is 0 Å². The number of rotatable bonds is 2. The van der Waals surface area contributed by atoms with Gasteiger partial charge in [-0.25, -0.2) is 8.42 Å². The fourth-order valence-electron chi connectivity index (χ4n) is 3.85.